The first-order chi connectivity index (χ1) is 12.4. The molecule has 0 saturated carbocycles. The Morgan fingerprint density at radius 1 is 1.19 bits per heavy atom. The molecule has 0 spiro atoms. The largest absolute Gasteiger partial charge is 0.384 e. The second-order valence-corrected chi connectivity index (χ2v) is 7.20. The molecular formula is C19H30N4O3. The van der Waals surface area contributed by atoms with Crippen molar-refractivity contribution in [1.29, 1.82) is 0 Å². The highest BCUT2D eigenvalue weighted by Gasteiger charge is 2.32. The van der Waals surface area contributed by atoms with Crippen LogP contribution in [0.4, 0.5) is 10.5 Å². The first-order valence-corrected chi connectivity index (χ1v) is 9.09. The average Bonchev–Trinajstić information content (AvgIpc) is 2.61. The lowest BCUT2D eigenvalue weighted by Gasteiger charge is -2.37. The van der Waals surface area contributed by atoms with Gasteiger partial charge in [0.15, 0.2) is 0 Å². The summed E-state index contributed by atoms with van der Waals surface area (Å²) in [6.07, 6.45) is 1.96. The van der Waals surface area contributed by atoms with Gasteiger partial charge in [-0.05, 0) is 64.0 Å². The Balaban J connectivity index is 1.89. The molecule has 3 amide bonds. The number of nitrogens with one attached hydrogen (secondary N) is 4. The summed E-state index contributed by atoms with van der Waals surface area (Å²) in [4.78, 5) is 24.1. The Labute approximate surface area is 155 Å². The van der Waals surface area contributed by atoms with E-state index in [0.29, 0.717) is 24.4 Å². The summed E-state index contributed by atoms with van der Waals surface area (Å²) in [5.41, 5.74) is 1.21. The van der Waals surface area contributed by atoms with Crippen molar-refractivity contribution in [3.8, 4) is 0 Å². The molecule has 1 saturated heterocycles. The Morgan fingerprint density at radius 2 is 1.85 bits per heavy atom. The molecule has 1 aromatic rings. The van der Waals surface area contributed by atoms with E-state index in [2.05, 4.69) is 21.3 Å². The molecule has 1 aliphatic heterocycles. The minimum Gasteiger partial charge on any atom is -0.384 e. The summed E-state index contributed by atoms with van der Waals surface area (Å²) in [5, 5.41) is 11.9. The van der Waals surface area contributed by atoms with Crippen LogP contribution < -0.4 is 21.3 Å². The minimum absolute atomic E-state index is 0.00785. The zero-order valence-electron chi connectivity index (χ0n) is 15.9. The normalized spacial score (nSPS) is 16.2. The standard InChI is InChI=1S/C19H30N4O3/c1-14(2)22-18(25)23-16-6-4-15(5-7-16)17(24)21-12-19(13-26-3)8-10-20-11-9-19/h4-7,14,20H,8-13H2,1-3H3,(H,21,24)(H2,22,23,25). The van der Waals surface area contributed by atoms with Crippen molar-refractivity contribution in [3.63, 3.8) is 0 Å². The van der Waals surface area contributed by atoms with E-state index in [0.717, 1.165) is 25.9 Å². The molecule has 0 aromatic heterocycles. The van der Waals surface area contributed by atoms with E-state index in [-0.39, 0.29) is 23.4 Å². The number of rotatable bonds is 7. The highest BCUT2D eigenvalue weighted by atomic mass is 16.5. The number of piperidine rings is 1. The molecular weight excluding hydrogens is 332 g/mol. The van der Waals surface area contributed by atoms with Crippen molar-refractivity contribution in [2.24, 2.45) is 5.41 Å². The van der Waals surface area contributed by atoms with Gasteiger partial charge in [-0.1, -0.05) is 0 Å². The van der Waals surface area contributed by atoms with Crippen LogP contribution in [-0.4, -0.2) is 51.3 Å². The molecule has 1 aromatic carbocycles. The summed E-state index contributed by atoms with van der Waals surface area (Å²) in [5.74, 6) is -0.114. The molecule has 1 heterocycles. The van der Waals surface area contributed by atoms with Gasteiger partial charge in [-0.25, -0.2) is 4.79 Å². The van der Waals surface area contributed by atoms with Gasteiger partial charge in [0.2, 0.25) is 0 Å². The highest BCUT2D eigenvalue weighted by molar-refractivity contribution is 5.95. The van der Waals surface area contributed by atoms with Crippen molar-refractivity contribution in [3.05, 3.63) is 29.8 Å². The maximum absolute atomic E-state index is 12.4. The van der Waals surface area contributed by atoms with E-state index in [1.807, 2.05) is 13.8 Å². The molecule has 0 aliphatic carbocycles. The van der Waals surface area contributed by atoms with Gasteiger partial charge in [0.1, 0.15) is 0 Å². The van der Waals surface area contributed by atoms with E-state index in [1.165, 1.54) is 0 Å². The Morgan fingerprint density at radius 3 is 2.42 bits per heavy atom. The maximum Gasteiger partial charge on any atom is 0.319 e. The summed E-state index contributed by atoms with van der Waals surface area (Å²) >= 11 is 0. The molecule has 2 rings (SSSR count). The Hall–Kier alpha value is -2.12. The van der Waals surface area contributed by atoms with Crippen LogP contribution in [0.5, 0.6) is 0 Å². The van der Waals surface area contributed by atoms with Gasteiger partial charge in [-0.3, -0.25) is 4.79 Å². The second kappa shape index (κ2) is 9.54. The molecule has 1 aliphatic rings. The molecule has 0 bridgehead atoms. The zero-order chi connectivity index (χ0) is 19.0. The number of benzene rings is 1. The first-order valence-electron chi connectivity index (χ1n) is 9.09. The maximum atomic E-state index is 12.4. The van der Waals surface area contributed by atoms with E-state index in [4.69, 9.17) is 4.74 Å². The van der Waals surface area contributed by atoms with Crippen LogP contribution in [0.15, 0.2) is 24.3 Å². The lowest BCUT2D eigenvalue weighted by molar-refractivity contribution is 0.0512. The predicted octanol–water partition coefficient (Wildman–Crippen LogP) is 1.96. The van der Waals surface area contributed by atoms with Crippen molar-refractivity contribution >= 4 is 17.6 Å². The van der Waals surface area contributed by atoms with Crippen molar-refractivity contribution < 1.29 is 14.3 Å². The Kier molecular flexibility index (Phi) is 7.41. The fourth-order valence-electron chi connectivity index (χ4n) is 3.14. The molecule has 26 heavy (non-hydrogen) atoms. The molecule has 7 heteroatoms. The van der Waals surface area contributed by atoms with Crippen molar-refractivity contribution in [2.75, 3.05) is 38.7 Å². The fraction of sp³-hybridized carbons (Fsp3) is 0.579. The quantitative estimate of drug-likeness (QED) is 0.597. The lowest BCUT2D eigenvalue weighted by atomic mass is 9.79. The third-order valence-corrected chi connectivity index (χ3v) is 4.56. The molecule has 0 radical (unpaired) electrons. The van der Waals surface area contributed by atoms with Gasteiger partial charge in [-0.15, -0.1) is 0 Å². The number of carbonyl (C=O) groups excluding carboxylic acids is 2. The monoisotopic (exact) mass is 362 g/mol. The number of urea groups is 1. The van der Waals surface area contributed by atoms with Crippen molar-refractivity contribution in [2.45, 2.75) is 32.7 Å². The van der Waals surface area contributed by atoms with Crippen LogP contribution in [0.3, 0.4) is 0 Å². The number of methoxy groups -OCH3 is 1. The number of hydrogen-bond acceptors (Lipinski definition) is 4. The summed E-state index contributed by atoms with van der Waals surface area (Å²) in [6.45, 7) is 6.91. The van der Waals surface area contributed by atoms with E-state index < -0.39 is 0 Å². The lowest BCUT2D eigenvalue weighted by Crippen LogP contribution is -2.47. The number of carbonyl (C=O) groups is 2. The molecule has 4 N–H and O–H groups in total. The zero-order valence-corrected chi connectivity index (χ0v) is 15.9. The summed E-state index contributed by atoms with van der Waals surface area (Å²) in [7, 11) is 1.70. The molecule has 1 fully saturated rings. The minimum atomic E-state index is -0.260. The molecule has 7 nitrogen and oxygen atoms in total. The summed E-state index contributed by atoms with van der Waals surface area (Å²) < 4.78 is 5.38. The third kappa shape index (κ3) is 6.00. The van der Waals surface area contributed by atoms with Crippen LogP contribution in [0.2, 0.25) is 0 Å². The topological polar surface area (TPSA) is 91.5 Å². The van der Waals surface area contributed by atoms with E-state index in [1.54, 1.807) is 31.4 Å². The van der Waals surface area contributed by atoms with Gasteiger partial charge in [0.25, 0.3) is 5.91 Å². The van der Waals surface area contributed by atoms with Crippen LogP contribution in [-0.2, 0) is 4.74 Å². The average molecular weight is 362 g/mol. The SMILES string of the molecule is COCC1(CNC(=O)c2ccc(NC(=O)NC(C)C)cc2)CCNCC1. The van der Waals surface area contributed by atoms with Gasteiger partial charge in [-0.2, -0.15) is 0 Å². The van der Waals surface area contributed by atoms with E-state index >= 15 is 0 Å². The number of hydrogen-bond donors (Lipinski definition) is 4. The van der Waals surface area contributed by atoms with E-state index in [9.17, 15) is 9.59 Å². The van der Waals surface area contributed by atoms with Gasteiger partial charge in [0.05, 0.1) is 6.61 Å². The number of amides is 3. The van der Waals surface area contributed by atoms with Crippen molar-refractivity contribution in [1.82, 2.24) is 16.0 Å². The van der Waals surface area contributed by atoms with Crippen LogP contribution in [0.25, 0.3) is 0 Å². The molecule has 144 valence electrons. The van der Waals surface area contributed by atoms with Crippen LogP contribution in [0.1, 0.15) is 37.0 Å². The molecule has 0 atom stereocenters. The number of anilines is 1. The predicted molar refractivity (Wildman–Crippen MR) is 102 cm³/mol. The third-order valence-electron chi connectivity index (χ3n) is 4.56. The van der Waals surface area contributed by atoms with Gasteiger partial charge < -0.3 is 26.0 Å². The Bertz CT molecular complexity index is 590. The molecule has 0 unspecified atom stereocenters. The highest BCUT2D eigenvalue weighted by Crippen LogP contribution is 2.28. The smallest absolute Gasteiger partial charge is 0.319 e. The van der Waals surface area contributed by atoms with Gasteiger partial charge in [0, 0.05) is 36.4 Å². The van der Waals surface area contributed by atoms with Crippen LogP contribution in [0, 0.1) is 5.41 Å². The summed E-state index contributed by atoms with van der Waals surface area (Å²) in [6, 6.07) is 6.69. The van der Waals surface area contributed by atoms with Gasteiger partial charge >= 0.3 is 6.03 Å². The van der Waals surface area contributed by atoms with Crippen LogP contribution >= 0.6 is 0 Å². The number of ether oxygens (including phenoxy) is 1. The second-order valence-electron chi connectivity index (χ2n) is 7.20. The first kappa shape index (κ1) is 20.2. The fourth-order valence-corrected chi connectivity index (χ4v) is 3.14.